The van der Waals surface area contributed by atoms with E-state index < -0.39 is 0 Å². The van der Waals surface area contributed by atoms with E-state index in [0.717, 1.165) is 23.7 Å². The van der Waals surface area contributed by atoms with Gasteiger partial charge in [-0.05, 0) is 24.4 Å². The molecule has 0 amide bonds. The first-order valence-electron chi connectivity index (χ1n) is 7.55. The van der Waals surface area contributed by atoms with Gasteiger partial charge in [-0.1, -0.05) is 23.8 Å². The van der Waals surface area contributed by atoms with Crippen LogP contribution in [0.15, 0.2) is 47.3 Å². The highest BCUT2D eigenvalue weighted by Gasteiger charge is 2.16. The summed E-state index contributed by atoms with van der Waals surface area (Å²) in [7, 11) is 1.72. The number of hydrogen-bond acceptors (Lipinski definition) is 5. The molecule has 0 saturated heterocycles. The second-order valence-corrected chi connectivity index (χ2v) is 7.36. The number of aryl methyl sites for hydroxylation is 1. The molecule has 23 heavy (non-hydrogen) atoms. The molecule has 0 radical (unpaired) electrons. The van der Waals surface area contributed by atoms with Gasteiger partial charge in [0.15, 0.2) is 0 Å². The molecular weight excluding hydrogens is 324 g/mol. The summed E-state index contributed by atoms with van der Waals surface area (Å²) in [5, 5.41) is 8.94. The molecule has 1 aromatic carbocycles. The summed E-state index contributed by atoms with van der Waals surface area (Å²) in [5.41, 5.74) is 2.42. The fourth-order valence-electron chi connectivity index (χ4n) is 2.56. The van der Waals surface area contributed by atoms with Gasteiger partial charge in [-0.3, -0.25) is 0 Å². The van der Waals surface area contributed by atoms with Crippen molar-refractivity contribution in [2.24, 2.45) is 0 Å². The third kappa shape index (κ3) is 4.19. The number of thiophene rings is 1. The van der Waals surface area contributed by atoms with Crippen LogP contribution in [0, 0.1) is 6.92 Å². The fraction of sp³-hybridized carbons (Fsp3) is 0.278. The average molecular weight is 345 g/mol. The number of methoxy groups -OCH3 is 1. The van der Waals surface area contributed by atoms with Gasteiger partial charge in [0.1, 0.15) is 10.8 Å². The largest absolute Gasteiger partial charge is 0.496 e. The molecule has 0 bridgehead atoms. The van der Waals surface area contributed by atoms with Gasteiger partial charge in [-0.2, -0.15) is 0 Å². The zero-order valence-electron chi connectivity index (χ0n) is 13.3. The summed E-state index contributed by atoms with van der Waals surface area (Å²) in [6.45, 7) is 2.87. The predicted molar refractivity (Wildman–Crippen MR) is 97.4 cm³/mol. The number of benzene rings is 1. The van der Waals surface area contributed by atoms with Crippen LogP contribution < -0.4 is 10.1 Å². The molecule has 3 rings (SSSR count). The van der Waals surface area contributed by atoms with Gasteiger partial charge in [0, 0.05) is 35.0 Å². The number of thiazole rings is 1. The van der Waals surface area contributed by atoms with Crippen molar-refractivity contribution < 1.29 is 4.74 Å². The maximum atomic E-state index is 5.48. The lowest BCUT2D eigenvalue weighted by molar-refractivity contribution is 0.405. The second-order valence-electron chi connectivity index (χ2n) is 5.40. The summed E-state index contributed by atoms with van der Waals surface area (Å²) in [5.74, 6) is 0.928. The monoisotopic (exact) mass is 344 g/mol. The number of rotatable bonds is 7. The first-order valence-corrected chi connectivity index (χ1v) is 9.31. The normalized spacial score (nSPS) is 12.3. The Bertz CT molecular complexity index is 724. The summed E-state index contributed by atoms with van der Waals surface area (Å²) in [4.78, 5) is 5.87. The molecule has 3 aromatic rings. The molecule has 0 saturated carbocycles. The van der Waals surface area contributed by atoms with Crippen molar-refractivity contribution in [1.29, 1.82) is 0 Å². The Hall–Kier alpha value is -1.69. The molecule has 0 aliphatic carbocycles. The van der Waals surface area contributed by atoms with Gasteiger partial charge in [-0.15, -0.1) is 22.7 Å². The van der Waals surface area contributed by atoms with Crippen LogP contribution in [0.5, 0.6) is 5.75 Å². The molecule has 0 unspecified atom stereocenters. The topological polar surface area (TPSA) is 34.1 Å². The van der Waals surface area contributed by atoms with E-state index in [9.17, 15) is 0 Å². The summed E-state index contributed by atoms with van der Waals surface area (Å²) in [6, 6.07) is 10.8. The van der Waals surface area contributed by atoms with E-state index in [-0.39, 0.29) is 6.04 Å². The average Bonchev–Trinajstić information content (AvgIpc) is 3.25. The minimum absolute atomic E-state index is 0.221. The van der Waals surface area contributed by atoms with E-state index in [0.29, 0.717) is 0 Å². The highest BCUT2D eigenvalue weighted by atomic mass is 32.1. The van der Waals surface area contributed by atoms with Gasteiger partial charge in [0.05, 0.1) is 13.2 Å². The molecule has 5 heteroatoms. The minimum Gasteiger partial charge on any atom is -0.496 e. The highest BCUT2D eigenvalue weighted by molar-refractivity contribution is 7.10. The third-order valence-electron chi connectivity index (χ3n) is 3.71. The quantitative estimate of drug-likeness (QED) is 0.680. The Morgan fingerprint density at radius 3 is 2.83 bits per heavy atom. The van der Waals surface area contributed by atoms with Gasteiger partial charge >= 0.3 is 0 Å². The van der Waals surface area contributed by atoms with E-state index in [4.69, 9.17) is 4.74 Å². The molecule has 0 aliphatic rings. The van der Waals surface area contributed by atoms with Crippen LogP contribution in [0.1, 0.15) is 27.1 Å². The number of ether oxygens (including phenoxy) is 1. The van der Waals surface area contributed by atoms with Crippen LogP contribution in [0.4, 0.5) is 0 Å². The lowest BCUT2D eigenvalue weighted by Crippen LogP contribution is -2.23. The molecule has 0 aliphatic heterocycles. The van der Waals surface area contributed by atoms with E-state index in [2.05, 4.69) is 46.9 Å². The van der Waals surface area contributed by atoms with Crippen molar-refractivity contribution in [3.05, 3.63) is 68.3 Å². The van der Waals surface area contributed by atoms with Crippen LogP contribution in [-0.4, -0.2) is 12.1 Å². The molecule has 3 nitrogen and oxygen atoms in total. The smallest absolute Gasteiger partial charge is 0.123 e. The summed E-state index contributed by atoms with van der Waals surface area (Å²) < 4.78 is 5.48. The van der Waals surface area contributed by atoms with E-state index in [1.807, 2.05) is 17.6 Å². The summed E-state index contributed by atoms with van der Waals surface area (Å²) in [6.07, 6.45) is 2.83. The lowest BCUT2D eigenvalue weighted by Gasteiger charge is -2.17. The Morgan fingerprint density at radius 2 is 2.13 bits per heavy atom. The number of aromatic nitrogens is 1. The Balaban J connectivity index is 1.75. The first kappa shape index (κ1) is 16.2. The lowest BCUT2D eigenvalue weighted by atomic mass is 10.1. The van der Waals surface area contributed by atoms with E-state index >= 15 is 0 Å². The Morgan fingerprint density at radius 1 is 1.22 bits per heavy atom. The van der Waals surface area contributed by atoms with Crippen LogP contribution >= 0.6 is 22.7 Å². The zero-order chi connectivity index (χ0) is 16.1. The van der Waals surface area contributed by atoms with E-state index in [1.165, 1.54) is 16.0 Å². The molecule has 120 valence electrons. The Kier molecular flexibility index (Phi) is 5.43. The maximum absolute atomic E-state index is 5.48. The third-order valence-corrected chi connectivity index (χ3v) is 5.50. The molecule has 2 heterocycles. The van der Waals surface area contributed by atoms with Crippen LogP contribution in [0.2, 0.25) is 0 Å². The molecule has 1 atom stereocenters. The Labute approximate surface area is 145 Å². The van der Waals surface area contributed by atoms with Crippen molar-refractivity contribution in [1.82, 2.24) is 10.3 Å². The van der Waals surface area contributed by atoms with E-state index in [1.54, 1.807) is 29.8 Å². The van der Waals surface area contributed by atoms with Crippen LogP contribution in [-0.2, 0) is 13.0 Å². The molecular formula is C18H20N2OS2. The molecule has 0 spiro atoms. The van der Waals surface area contributed by atoms with Gasteiger partial charge in [0.25, 0.3) is 0 Å². The fourth-order valence-corrected chi connectivity index (χ4v) is 4.03. The SMILES string of the molecule is COc1ccc(C)cc1CN[C@H](Cc1cccs1)c1nccs1. The van der Waals surface area contributed by atoms with Crippen molar-refractivity contribution in [2.45, 2.75) is 25.9 Å². The summed E-state index contributed by atoms with van der Waals surface area (Å²) >= 11 is 3.49. The molecule has 0 fully saturated rings. The van der Waals surface area contributed by atoms with Crippen molar-refractivity contribution >= 4 is 22.7 Å². The number of hydrogen-bond donors (Lipinski definition) is 1. The number of nitrogens with one attached hydrogen (secondary N) is 1. The first-order chi connectivity index (χ1) is 11.3. The van der Waals surface area contributed by atoms with Gasteiger partial charge < -0.3 is 10.1 Å². The predicted octanol–water partition coefficient (Wildman–Crippen LogP) is 4.60. The highest BCUT2D eigenvalue weighted by Crippen LogP contribution is 2.25. The minimum atomic E-state index is 0.221. The van der Waals surface area contributed by atoms with Crippen molar-refractivity contribution in [2.75, 3.05) is 7.11 Å². The van der Waals surface area contributed by atoms with Crippen molar-refractivity contribution in [3.8, 4) is 5.75 Å². The maximum Gasteiger partial charge on any atom is 0.123 e. The zero-order valence-corrected chi connectivity index (χ0v) is 14.9. The molecule has 1 N–H and O–H groups in total. The number of nitrogens with zero attached hydrogens (tertiary/aromatic N) is 1. The van der Waals surface area contributed by atoms with Crippen LogP contribution in [0.3, 0.4) is 0 Å². The standard InChI is InChI=1S/C18H20N2OS2/c1-13-5-6-17(21-2)14(10-13)12-20-16(18-19-7-9-23-18)11-15-4-3-8-22-15/h3-10,16,20H,11-12H2,1-2H3/t16-/m1/s1. The molecule has 2 aromatic heterocycles. The van der Waals surface area contributed by atoms with Crippen LogP contribution in [0.25, 0.3) is 0 Å². The van der Waals surface area contributed by atoms with Gasteiger partial charge in [-0.25, -0.2) is 4.98 Å². The second kappa shape index (κ2) is 7.73. The van der Waals surface area contributed by atoms with Gasteiger partial charge in [0.2, 0.25) is 0 Å². The van der Waals surface area contributed by atoms with Crippen molar-refractivity contribution in [3.63, 3.8) is 0 Å².